The Balaban J connectivity index is 1.56. The fourth-order valence-electron chi connectivity index (χ4n) is 3.53. The lowest BCUT2D eigenvalue weighted by atomic mass is 10.1. The van der Waals surface area contributed by atoms with Gasteiger partial charge in [0.15, 0.2) is 11.5 Å². The highest BCUT2D eigenvalue weighted by Gasteiger charge is 2.35. The van der Waals surface area contributed by atoms with E-state index in [0.717, 1.165) is 29.8 Å². The van der Waals surface area contributed by atoms with Crippen molar-refractivity contribution in [2.24, 2.45) is 0 Å². The van der Waals surface area contributed by atoms with Gasteiger partial charge in [-0.1, -0.05) is 18.2 Å². The van der Waals surface area contributed by atoms with E-state index in [1.165, 1.54) is 61.7 Å². The number of nitrogens with zero attached hydrogens (tertiary/aromatic N) is 2. The van der Waals surface area contributed by atoms with Crippen molar-refractivity contribution in [2.75, 3.05) is 14.2 Å². The van der Waals surface area contributed by atoms with E-state index in [2.05, 4.69) is 4.74 Å². The molecule has 0 spiro atoms. The van der Waals surface area contributed by atoms with Crippen molar-refractivity contribution in [3.63, 3.8) is 0 Å². The molecule has 2 amide bonds. The second kappa shape index (κ2) is 11.1. The maximum absolute atomic E-state index is 13.2. The van der Waals surface area contributed by atoms with Gasteiger partial charge in [-0.05, 0) is 65.4 Å². The quantitative estimate of drug-likeness (QED) is 0.157. The number of benzene rings is 3. The molecule has 4 rings (SSSR count). The summed E-state index contributed by atoms with van der Waals surface area (Å²) in [5.74, 6) is -1.43. The van der Waals surface area contributed by atoms with Gasteiger partial charge in [-0.2, -0.15) is 0 Å². The maximum Gasteiger partial charge on any atom is 0.338 e. The molecular formula is C26H19FN2O8S. The summed E-state index contributed by atoms with van der Waals surface area (Å²) in [5, 5.41) is 11.1. The van der Waals surface area contributed by atoms with Crippen LogP contribution in [-0.2, 0) is 16.1 Å². The Hall–Kier alpha value is -4.71. The molecule has 0 bridgehead atoms. The molecular weight excluding hydrogens is 519 g/mol. The zero-order chi connectivity index (χ0) is 27.4. The van der Waals surface area contributed by atoms with Crippen LogP contribution in [0.1, 0.15) is 21.5 Å². The van der Waals surface area contributed by atoms with Gasteiger partial charge in [0.1, 0.15) is 5.82 Å². The Labute approximate surface area is 219 Å². The lowest BCUT2D eigenvalue weighted by Gasteiger charge is -2.12. The number of ether oxygens (including phenoxy) is 3. The summed E-state index contributed by atoms with van der Waals surface area (Å²) in [6.45, 7) is 0.00589. The number of halogens is 1. The Morgan fingerprint density at radius 3 is 2.39 bits per heavy atom. The van der Waals surface area contributed by atoms with Crippen LogP contribution in [0.4, 0.5) is 14.9 Å². The molecule has 10 nitrogen and oxygen atoms in total. The summed E-state index contributed by atoms with van der Waals surface area (Å²) >= 11 is 0.770. The van der Waals surface area contributed by atoms with Gasteiger partial charge in [-0.3, -0.25) is 24.6 Å². The van der Waals surface area contributed by atoms with Crippen LogP contribution >= 0.6 is 11.8 Å². The van der Waals surface area contributed by atoms with Crippen LogP contribution in [0.25, 0.3) is 6.08 Å². The van der Waals surface area contributed by atoms with E-state index >= 15 is 0 Å². The molecule has 1 saturated heterocycles. The van der Waals surface area contributed by atoms with Gasteiger partial charge in [0, 0.05) is 6.07 Å². The normalized spacial score (nSPS) is 14.1. The average molecular weight is 539 g/mol. The number of carbonyl (C=O) groups is 3. The standard InChI is InChI=1S/C26H19FN2O8S/c1-35-22-11-16(12-23-24(30)28(26(32)38-23)14-15-3-7-18(27)8-4-15)5-9-21(22)37-20-10-6-17(25(31)36-2)13-19(20)29(33)34/h3-13H,14H2,1-2H3/b23-12-. The number of carbonyl (C=O) groups excluding carboxylic acids is 3. The first-order valence-electron chi connectivity index (χ1n) is 10.9. The second-order valence-electron chi connectivity index (χ2n) is 7.84. The number of nitro groups is 1. The van der Waals surface area contributed by atoms with E-state index in [0.29, 0.717) is 11.1 Å². The number of hydrogen-bond donors (Lipinski definition) is 0. The third kappa shape index (κ3) is 5.65. The molecule has 0 aromatic heterocycles. The highest BCUT2D eigenvalue weighted by molar-refractivity contribution is 8.18. The van der Waals surface area contributed by atoms with Crippen molar-refractivity contribution in [3.8, 4) is 17.2 Å². The van der Waals surface area contributed by atoms with Crippen molar-refractivity contribution in [3.05, 3.63) is 98.2 Å². The monoisotopic (exact) mass is 538 g/mol. The van der Waals surface area contributed by atoms with Gasteiger partial charge < -0.3 is 14.2 Å². The molecule has 1 aliphatic rings. The molecule has 0 atom stereocenters. The predicted molar refractivity (Wildman–Crippen MR) is 135 cm³/mol. The number of hydrogen-bond acceptors (Lipinski definition) is 9. The second-order valence-corrected chi connectivity index (χ2v) is 8.83. The molecule has 3 aromatic carbocycles. The third-order valence-corrected chi connectivity index (χ3v) is 6.32. The summed E-state index contributed by atoms with van der Waals surface area (Å²) in [6, 6.07) is 13.8. The highest BCUT2D eigenvalue weighted by Crippen LogP contribution is 2.39. The maximum atomic E-state index is 13.2. The highest BCUT2D eigenvalue weighted by atomic mass is 32.2. The first-order chi connectivity index (χ1) is 18.2. The summed E-state index contributed by atoms with van der Waals surface area (Å²) < 4.78 is 28.8. The van der Waals surface area contributed by atoms with Gasteiger partial charge in [0.05, 0.1) is 36.2 Å². The van der Waals surface area contributed by atoms with E-state index in [4.69, 9.17) is 9.47 Å². The molecule has 0 aliphatic carbocycles. The number of nitro benzene ring substituents is 1. The minimum Gasteiger partial charge on any atom is -0.493 e. The van der Waals surface area contributed by atoms with Crippen LogP contribution in [0.2, 0.25) is 0 Å². The molecule has 38 heavy (non-hydrogen) atoms. The van der Waals surface area contributed by atoms with Crippen molar-refractivity contribution in [1.29, 1.82) is 0 Å². The van der Waals surface area contributed by atoms with Gasteiger partial charge in [-0.15, -0.1) is 0 Å². The molecule has 0 radical (unpaired) electrons. The largest absolute Gasteiger partial charge is 0.493 e. The molecule has 0 N–H and O–H groups in total. The number of amides is 2. The molecule has 1 heterocycles. The van der Waals surface area contributed by atoms with Crippen LogP contribution in [-0.4, -0.2) is 41.2 Å². The van der Waals surface area contributed by atoms with Crippen LogP contribution in [0, 0.1) is 15.9 Å². The van der Waals surface area contributed by atoms with Crippen molar-refractivity contribution in [2.45, 2.75) is 6.54 Å². The van der Waals surface area contributed by atoms with Crippen molar-refractivity contribution < 1.29 is 37.9 Å². The van der Waals surface area contributed by atoms with Crippen LogP contribution in [0.3, 0.4) is 0 Å². The van der Waals surface area contributed by atoms with Gasteiger partial charge in [0.2, 0.25) is 5.75 Å². The molecule has 3 aromatic rings. The Bertz CT molecular complexity index is 1470. The van der Waals surface area contributed by atoms with E-state index < -0.39 is 33.5 Å². The van der Waals surface area contributed by atoms with Crippen LogP contribution in [0.15, 0.2) is 65.6 Å². The smallest absolute Gasteiger partial charge is 0.338 e. The fourth-order valence-corrected chi connectivity index (χ4v) is 4.37. The van der Waals surface area contributed by atoms with E-state index in [9.17, 15) is 28.9 Å². The minimum atomic E-state index is -0.733. The van der Waals surface area contributed by atoms with Gasteiger partial charge in [-0.25, -0.2) is 9.18 Å². The number of imide groups is 1. The van der Waals surface area contributed by atoms with Gasteiger partial charge in [0.25, 0.3) is 11.1 Å². The number of methoxy groups -OCH3 is 2. The topological polar surface area (TPSA) is 125 Å². The fraction of sp³-hybridized carbons (Fsp3) is 0.115. The molecule has 194 valence electrons. The van der Waals surface area contributed by atoms with E-state index in [-0.39, 0.29) is 34.3 Å². The number of rotatable bonds is 8. The molecule has 12 heteroatoms. The average Bonchev–Trinajstić information content (AvgIpc) is 3.17. The lowest BCUT2D eigenvalue weighted by molar-refractivity contribution is -0.385. The summed E-state index contributed by atoms with van der Waals surface area (Å²) in [5.41, 5.74) is 0.653. The summed E-state index contributed by atoms with van der Waals surface area (Å²) in [7, 11) is 2.54. The number of esters is 1. The summed E-state index contributed by atoms with van der Waals surface area (Å²) in [4.78, 5) is 49.1. The van der Waals surface area contributed by atoms with E-state index in [1.54, 1.807) is 6.07 Å². The Morgan fingerprint density at radius 1 is 1.03 bits per heavy atom. The predicted octanol–water partition coefficient (Wildman–Crippen LogP) is 5.56. The lowest BCUT2D eigenvalue weighted by Crippen LogP contribution is -2.27. The van der Waals surface area contributed by atoms with Crippen molar-refractivity contribution >= 4 is 40.6 Å². The van der Waals surface area contributed by atoms with Crippen LogP contribution < -0.4 is 9.47 Å². The molecule has 1 aliphatic heterocycles. The van der Waals surface area contributed by atoms with E-state index in [1.807, 2.05) is 0 Å². The first kappa shape index (κ1) is 26.4. The minimum absolute atomic E-state index is 0.00589. The molecule has 0 saturated carbocycles. The zero-order valence-electron chi connectivity index (χ0n) is 20.0. The van der Waals surface area contributed by atoms with Gasteiger partial charge >= 0.3 is 11.7 Å². The zero-order valence-corrected chi connectivity index (χ0v) is 20.8. The third-order valence-electron chi connectivity index (χ3n) is 5.41. The van der Waals surface area contributed by atoms with Crippen LogP contribution in [0.5, 0.6) is 17.2 Å². The first-order valence-corrected chi connectivity index (χ1v) is 11.7. The number of thioether (sulfide) groups is 1. The Kier molecular flexibility index (Phi) is 7.72. The summed E-state index contributed by atoms with van der Waals surface area (Å²) in [6.07, 6.45) is 1.51. The SMILES string of the molecule is COC(=O)c1ccc(Oc2ccc(/C=C3\SC(=O)N(Cc4ccc(F)cc4)C3=O)cc2OC)c([N+](=O)[O-])c1. The molecule has 1 fully saturated rings. The van der Waals surface area contributed by atoms with Crippen molar-refractivity contribution in [1.82, 2.24) is 4.90 Å². The Morgan fingerprint density at radius 2 is 1.74 bits per heavy atom. The molecule has 0 unspecified atom stereocenters.